The van der Waals surface area contributed by atoms with Gasteiger partial charge >= 0.3 is 0 Å². The van der Waals surface area contributed by atoms with Gasteiger partial charge in [-0.1, -0.05) is 24.4 Å². The number of amides is 1. The summed E-state index contributed by atoms with van der Waals surface area (Å²) in [5.41, 5.74) is 6.40. The molecule has 7 heteroatoms. The van der Waals surface area contributed by atoms with Gasteiger partial charge in [-0.2, -0.15) is 0 Å². The molecule has 3 N–H and O–H groups in total. The van der Waals surface area contributed by atoms with Gasteiger partial charge in [-0.15, -0.1) is 0 Å². The lowest BCUT2D eigenvalue weighted by Crippen LogP contribution is -2.27. The first-order chi connectivity index (χ1) is 9.85. The zero-order valence-electron chi connectivity index (χ0n) is 11.6. The maximum absolute atomic E-state index is 12.0. The smallest absolute Gasteiger partial charge is 0.239 e. The van der Waals surface area contributed by atoms with Crippen molar-refractivity contribution in [3.05, 3.63) is 23.2 Å². The number of nitrogens with two attached hydrogens (primary N) is 1. The minimum atomic E-state index is -3.39. The zero-order valence-corrected chi connectivity index (χ0v) is 13.2. The Hall–Kier alpha value is -1.27. The fourth-order valence-electron chi connectivity index (χ4n) is 2.61. The molecule has 0 unspecified atom stereocenters. The first-order valence-corrected chi connectivity index (χ1v) is 9.11. The SMILES string of the molecule is Nc1ccc(NC(=O)CS(=O)(=O)CC2CCCC2)c(Cl)c1. The van der Waals surface area contributed by atoms with Crippen LogP contribution < -0.4 is 11.1 Å². The molecule has 0 bridgehead atoms. The van der Waals surface area contributed by atoms with Crippen LogP contribution in [-0.4, -0.2) is 25.8 Å². The summed E-state index contributed by atoms with van der Waals surface area (Å²) in [6, 6.07) is 4.65. The number of anilines is 2. The molecule has 0 aliphatic heterocycles. The number of carbonyl (C=O) groups is 1. The molecule has 0 atom stereocenters. The first kappa shape index (κ1) is 16.1. The van der Waals surface area contributed by atoms with Crippen LogP contribution in [0.3, 0.4) is 0 Å². The monoisotopic (exact) mass is 330 g/mol. The Kier molecular flexibility index (Phi) is 5.11. The molecule has 0 aromatic heterocycles. The highest BCUT2D eigenvalue weighted by Crippen LogP contribution is 2.26. The van der Waals surface area contributed by atoms with Crippen molar-refractivity contribution < 1.29 is 13.2 Å². The van der Waals surface area contributed by atoms with Crippen molar-refractivity contribution in [1.29, 1.82) is 0 Å². The molecule has 0 spiro atoms. The van der Waals surface area contributed by atoms with Crippen LogP contribution in [0.15, 0.2) is 18.2 Å². The molecule has 0 heterocycles. The molecule has 1 saturated carbocycles. The molecular formula is C14H19ClN2O3S. The van der Waals surface area contributed by atoms with Crippen LogP contribution in [0.1, 0.15) is 25.7 Å². The van der Waals surface area contributed by atoms with Gasteiger partial charge in [-0.3, -0.25) is 4.79 Å². The summed E-state index contributed by atoms with van der Waals surface area (Å²) >= 11 is 5.94. The van der Waals surface area contributed by atoms with Gasteiger partial charge in [0.15, 0.2) is 9.84 Å². The maximum Gasteiger partial charge on any atom is 0.239 e. The van der Waals surface area contributed by atoms with Crippen molar-refractivity contribution in [2.24, 2.45) is 5.92 Å². The summed E-state index contributed by atoms with van der Waals surface area (Å²) in [7, 11) is -3.39. The fourth-order valence-corrected chi connectivity index (χ4v) is 4.49. The highest BCUT2D eigenvalue weighted by Gasteiger charge is 2.24. The van der Waals surface area contributed by atoms with Crippen LogP contribution in [0.5, 0.6) is 0 Å². The molecule has 1 aromatic carbocycles. The molecule has 21 heavy (non-hydrogen) atoms. The lowest BCUT2D eigenvalue weighted by atomic mass is 10.1. The Labute approximate surface area is 129 Å². The molecule has 1 aliphatic rings. The third-order valence-electron chi connectivity index (χ3n) is 3.58. The zero-order chi connectivity index (χ0) is 15.5. The number of nitrogens with one attached hydrogen (secondary N) is 1. The third-order valence-corrected chi connectivity index (χ3v) is 5.58. The van der Waals surface area contributed by atoms with E-state index in [2.05, 4.69) is 5.32 Å². The van der Waals surface area contributed by atoms with E-state index in [4.69, 9.17) is 17.3 Å². The first-order valence-electron chi connectivity index (χ1n) is 6.91. The van der Waals surface area contributed by atoms with Crippen LogP contribution >= 0.6 is 11.6 Å². The number of hydrogen-bond acceptors (Lipinski definition) is 4. The van der Waals surface area contributed by atoms with Gasteiger partial charge < -0.3 is 11.1 Å². The Bertz CT molecular complexity index is 625. The number of halogens is 1. The van der Waals surface area contributed by atoms with Gasteiger partial charge in [0.25, 0.3) is 0 Å². The summed E-state index contributed by atoms with van der Waals surface area (Å²) in [6.07, 6.45) is 4.02. The number of sulfone groups is 1. The Morgan fingerprint density at radius 3 is 2.62 bits per heavy atom. The van der Waals surface area contributed by atoms with Gasteiger partial charge in [0.1, 0.15) is 5.75 Å². The number of benzene rings is 1. The van der Waals surface area contributed by atoms with Crippen LogP contribution in [0, 0.1) is 5.92 Å². The van der Waals surface area contributed by atoms with Crippen molar-refractivity contribution in [1.82, 2.24) is 0 Å². The van der Waals surface area contributed by atoms with E-state index >= 15 is 0 Å². The second kappa shape index (κ2) is 6.66. The average molecular weight is 331 g/mol. The standard InChI is InChI=1S/C14H19ClN2O3S/c15-12-7-11(16)5-6-13(12)17-14(18)9-21(19,20)8-10-3-1-2-4-10/h5-7,10H,1-4,8-9,16H2,(H,17,18). The molecular weight excluding hydrogens is 312 g/mol. The van der Waals surface area contributed by atoms with E-state index in [0.29, 0.717) is 11.4 Å². The van der Waals surface area contributed by atoms with Crippen LogP contribution in [-0.2, 0) is 14.6 Å². The molecule has 0 radical (unpaired) electrons. The average Bonchev–Trinajstić information content (AvgIpc) is 2.84. The number of nitrogen functional groups attached to an aromatic ring is 1. The highest BCUT2D eigenvalue weighted by atomic mass is 35.5. The van der Waals surface area contributed by atoms with Gasteiger partial charge in [-0.05, 0) is 37.0 Å². The number of hydrogen-bond donors (Lipinski definition) is 2. The van der Waals surface area contributed by atoms with Crippen LogP contribution in [0.25, 0.3) is 0 Å². The van der Waals surface area contributed by atoms with Crippen LogP contribution in [0.2, 0.25) is 5.02 Å². The predicted octanol–water partition coefficient (Wildman–Crippen LogP) is 2.47. The summed E-state index contributed by atoms with van der Waals surface area (Å²) in [5.74, 6) is -0.789. The second-order valence-corrected chi connectivity index (χ2v) is 8.01. The largest absolute Gasteiger partial charge is 0.399 e. The second-order valence-electron chi connectivity index (χ2n) is 5.49. The quantitative estimate of drug-likeness (QED) is 0.811. The number of carbonyl (C=O) groups excluding carboxylic acids is 1. The fraction of sp³-hybridized carbons (Fsp3) is 0.500. The van der Waals surface area contributed by atoms with E-state index in [0.717, 1.165) is 25.7 Å². The summed E-state index contributed by atoms with van der Waals surface area (Å²) in [6.45, 7) is 0. The molecule has 1 aromatic rings. The van der Waals surface area contributed by atoms with Crippen molar-refractivity contribution in [3.63, 3.8) is 0 Å². The molecule has 2 rings (SSSR count). The Morgan fingerprint density at radius 2 is 2.00 bits per heavy atom. The molecule has 1 fully saturated rings. The Balaban J connectivity index is 1.94. The third kappa shape index (κ3) is 4.89. The Morgan fingerprint density at radius 1 is 1.33 bits per heavy atom. The minimum Gasteiger partial charge on any atom is -0.399 e. The summed E-state index contributed by atoms with van der Waals surface area (Å²) in [5, 5.41) is 2.80. The summed E-state index contributed by atoms with van der Waals surface area (Å²) < 4.78 is 24.0. The normalized spacial score (nSPS) is 16.0. The molecule has 5 nitrogen and oxygen atoms in total. The number of rotatable bonds is 5. The molecule has 1 amide bonds. The lowest BCUT2D eigenvalue weighted by molar-refractivity contribution is -0.113. The van der Waals surface area contributed by atoms with Gasteiger partial charge in [0.05, 0.1) is 16.5 Å². The van der Waals surface area contributed by atoms with E-state index in [1.165, 1.54) is 6.07 Å². The van der Waals surface area contributed by atoms with Crippen molar-refractivity contribution in [2.45, 2.75) is 25.7 Å². The predicted molar refractivity (Wildman–Crippen MR) is 85.1 cm³/mol. The topological polar surface area (TPSA) is 89.3 Å². The van der Waals surface area contributed by atoms with Crippen molar-refractivity contribution >= 4 is 38.7 Å². The molecule has 116 valence electrons. The van der Waals surface area contributed by atoms with E-state index in [-0.39, 0.29) is 16.7 Å². The van der Waals surface area contributed by atoms with Gasteiger partial charge in [-0.25, -0.2) is 8.42 Å². The lowest BCUT2D eigenvalue weighted by Gasteiger charge is -2.11. The van der Waals surface area contributed by atoms with E-state index in [9.17, 15) is 13.2 Å². The maximum atomic E-state index is 12.0. The molecule has 0 saturated heterocycles. The highest BCUT2D eigenvalue weighted by molar-refractivity contribution is 7.92. The van der Waals surface area contributed by atoms with Gasteiger partial charge in [0, 0.05) is 5.69 Å². The van der Waals surface area contributed by atoms with Crippen molar-refractivity contribution in [3.8, 4) is 0 Å². The minimum absolute atomic E-state index is 0.0931. The molecule has 1 aliphatic carbocycles. The summed E-state index contributed by atoms with van der Waals surface area (Å²) in [4.78, 5) is 11.9. The van der Waals surface area contributed by atoms with Crippen molar-refractivity contribution in [2.75, 3.05) is 22.6 Å². The van der Waals surface area contributed by atoms with E-state index in [1.807, 2.05) is 0 Å². The van der Waals surface area contributed by atoms with Gasteiger partial charge in [0.2, 0.25) is 5.91 Å². The van der Waals surface area contributed by atoms with E-state index in [1.54, 1.807) is 12.1 Å². The van der Waals surface area contributed by atoms with Crippen LogP contribution in [0.4, 0.5) is 11.4 Å². The van der Waals surface area contributed by atoms with E-state index < -0.39 is 21.5 Å².